The normalized spacial score (nSPS) is 16.8. The highest BCUT2D eigenvalue weighted by Gasteiger charge is 2.34. The maximum Gasteiger partial charge on any atom is 0.245 e. The van der Waals surface area contributed by atoms with Crippen molar-refractivity contribution < 1.29 is 14.1 Å². The van der Waals surface area contributed by atoms with Crippen LogP contribution in [0.25, 0.3) is 0 Å². The maximum atomic E-state index is 12.4. The Labute approximate surface area is 136 Å². The van der Waals surface area contributed by atoms with Gasteiger partial charge in [0, 0.05) is 19.5 Å². The Hall–Kier alpha value is -1.89. The van der Waals surface area contributed by atoms with E-state index in [1.807, 2.05) is 0 Å². The van der Waals surface area contributed by atoms with Crippen molar-refractivity contribution in [3.63, 3.8) is 0 Å². The molecule has 1 aromatic heterocycles. The second-order valence-electron chi connectivity index (χ2n) is 6.56. The van der Waals surface area contributed by atoms with E-state index in [1.54, 1.807) is 20.0 Å². The summed E-state index contributed by atoms with van der Waals surface area (Å²) in [6, 6.07) is 1.63. The Morgan fingerprint density at radius 3 is 2.65 bits per heavy atom. The van der Waals surface area contributed by atoms with Crippen molar-refractivity contribution in [3.8, 4) is 0 Å². The summed E-state index contributed by atoms with van der Waals surface area (Å²) in [6.07, 6.45) is 5.86. The van der Waals surface area contributed by atoms with Crippen molar-refractivity contribution in [3.05, 3.63) is 11.8 Å². The van der Waals surface area contributed by atoms with Gasteiger partial charge in [0.1, 0.15) is 5.76 Å². The van der Waals surface area contributed by atoms with Gasteiger partial charge in [-0.05, 0) is 31.7 Å². The first-order valence-electron chi connectivity index (χ1n) is 8.11. The number of amides is 2. The van der Waals surface area contributed by atoms with E-state index in [2.05, 4.69) is 10.5 Å². The predicted octanol–water partition coefficient (Wildman–Crippen LogP) is 1.68. The largest absolute Gasteiger partial charge is 0.360 e. The molecule has 0 aliphatic heterocycles. The molecule has 1 aliphatic carbocycles. The van der Waals surface area contributed by atoms with Gasteiger partial charge in [0.2, 0.25) is 11.8 Å². The number of carbonyl (C=O) groups is 2. The number of nitrogens with one attached hydrogen (secondary N) is 1. The van der Waals surface area contributed by atoms with Crippen LogP contribution >= 0.6 is 0 Å². The first kappa shape index (κ1) is 17.5. The summed E-state index contributed by atoms with van der Waals surface area (Å²) in [7, 11) is 1.64. The summed E-state index contributed by atoms with van der Waals surface area (Å²) in [5, 5.41) is 6.31. The van der Waals surface area contributed by atoms with E-state index in [0.29, 0.717) is 24.5 Å². The lowest BCUT2D eigenvalue weighted by Crippen LogP contribution is -2.41. The molecule has 1 aromatic rings. The topological polar surface area (TPSA) is 101 Å². The first-order chi connectivity index (χ1) is 10.9. The van der Waals surface area contributed by atoms with Crippen molar-refractivity contribution in [2.75, 3.05) is 25.5 Å². The third-order valence-electron chi connectivity index (χ3n) is 4.58. The number of hydrogen-bond acceptors (Lipinski definition) is 5. The number of rotatable bonds is 6. The molecule has 0 unspecified atom stereocenters. The minimum absolute atomic E-state index is 0.00854. The fourth-order valence-electron chi connectivity index (χ4n) is 3.12. The summed E-state index contributed by atoms with van der Waals surface area (Å²) in [6.45, 7) is 2.26. The van der Waals surface area contributed by atoms with Gasteiger partial charge in [0.15, 0.2) is 5.82 Å². The third kappa shape index (κ3) is 4.79. The molecule has 0 bridgehead atoms. The van der Waals surface area contributed by atoms with Gasteiger partial charge in [0.05, 0.1) is 6.54 Å². The van der Waals surface area contributed by atoms with Crippen LogP contribution in [0, 0.1) is 12.3 Å². The minimum atomic E-state index is -0.292. The van der Waals surface area contributed by atoms with Gasteiger partial charge in [0.25, 0.3) is 0 Å². The minimum Gasteiger partial charge on any atom is -0.360 e. The summed E-state index contributed by atoms with van der Waals surface area (Å²) < 4.78 is 4.89. The smallest absolute Gasteiger partial charge is 0.245 e. The molecule has 23 heavy (non-hydrogen) atoms. The summed E-state index contributed by atoms with van der Waals surface area (Å²) in [5.41, 5.74) is 5.83. The Kier molecular flexibility index (Phi) is 5.76. The highest BCUT2D eigenvalue weighted by molar-refractivity contribution is 5.93. The van der Waals surface area contributed by atoms with Crippen LogP contribution in [0.15, 0.2) is 10.6 Å². The number of aryl methyl sites for hydroxylation is 1. The van der Waals surface area contributed by atoms with Crippen LogP contribution < -0.4 is 11.1 Å². The van der Waals surface area contributed by atoms with Gasteiger partial charge in [-0.1, -0.05) is 24.4 Å². The lowest BCUT2D eigenvalue weighted by atomic mass is 9.71. The van der Waals surface area contributed by atoms with Crippen LogP contribution in [0.1, 0.15) is 44.3 Å². The van der Waals surface area contributed by atoms with Crippen molar-refractivity contribution in [2.45, 2.75) is 45.4 Å². The van der Waals surface area contributed by atoms with E-state index in [9.17, 15) is 9.59 Å². The Balaban J connectivity index is 1.85. The number of hydrogen-bond donors (Lipinski definition) is 2. The van der Waals surface area contributed by atoms with Crippen molar-refractivity contribution in [1.29, 1.82) is 0 Å². The molecule has 2 amide bonds. The molecular formula is C16H26N4O3. The first-order valence-corrected chi connectivity index (χ1v) is 8.11. The molecule has 3 N–H and O–H groups in total. The molecule has 0 spiro atoms. The van der Waals surface area contributed by atoms with Crippen molar-refractivity contribution >= 4 is 17.6 Å². The third-order valence-corrected chi connectivity index (χ3v) is 4.58. The zero-order valence-corrected chi connectivity index (χ0v) is 13.9. The van der Waals surface area contributed by atoms with Crippen LogP contribution in [-0.2, 0) is 9.59 Å². The molecule has 0 saturated heterocycles. The lowest BCUT2D eigenvalue weighted by Gasteiger charge is -2.36. The van der Waals surface area contributed by atoms with Gasteiger partial charge in [-0.3, -0.25) is 9.59 Å². The van der Waals surface area contributed by atoms with Gasteiger partial charge in [-0.2, -0.15) is 0 Å². The number of nitrogens with zero attached hydrogens (tertiary/aromatic N) is 2. The van der Waals surface area contributed by atoms with E-state index in [1.165, 1.54) is 11.3 Å². The molecule has 1 fully saturated rings. The number of anilines is 1. The summed E-state index contributed by atoms with van der Waals surface area (Å²) in [5.74, 6) is 0.648. The molecule has 0 aromatic carbocycles. The Morgan fingerprint density at radius 2 is 2.09 bits per heavy atom. The number of carbonyl (C=O) groups excluding carboxylic acids is 2. The molecule has 1 heterocycles. The highest BCUT2D eigenvalue weighted by atomic mass is 16.5. The number of aromatic nitrogens is 1. The standard InChI is InChI=1S/C16H26N4O3/c1-12-8-13(19-23-12)18-14(21)10-20(2)15(22)9-16(11-17)6-4-3-5-7-16/h8H,3-7,9-11,17H2,1-2H3,(H,18,19,21). The van der Waals surface area contributed by atoms with E-state index < -0.39 is 0 Å². The maximum absolute atomic E-state index is 12.4. The average molecular weight is 322 g/mol. The molecule has 2 rings (SSSR count). The molecule has 0 atom stereocenters. The molecule has 1 saturated carbocycles. The van der Waals surface area contributed by atoms with Crippen LogP contribution in [0.2, 0.25) is 0 Å². The van der Waals surface area contributed by atoms with Crippen LogP contribution in [0.4, 0.5) is 5.82 Å². The quantitative estimate of drug-likeness (QED) is 0.829. The SMILES string of the molecule is Cc1cc(NC(=O)CN(C)C(=O)CC2(CN)CCCCC2)no1. The van der Waals surface area contributed by atoms with Crippen LogP contribution in [0.5, 0.6) is 0 Å². The van der Waals surface area contributed by atoms with Crippen molar-refractivity contribution in [2.24, 2.45) is 11.1 Å². The summed E-state index contributed by atoms with van der Waals surface area (Å²) in [4.78, 5) is 25.8. The molecule has 7 nitrogen and oxygen atoms in total. The van der Waals surface area contributed by atoms with E-state index >= 15 is 0 Å². The van der Waals surface area contributed by atoms with Gasteiger partial charge in [-0.25, -0.2) is 0 Å². The van der Waals surface area contributed by atoms with Crippen LogP contribution in [-0.4, -0.2) is 42.0 Å². The fourth-order valence-corrected chi connectivity index (χ4v) is 3.12. The predicted molar refractivity (Wildman–Crippen MR) is 86.7 cm³/mol. The Morgan fingerprint density at radius 1 is 1.39 bits per heavy atom. The van der Waals surface area contributed by atoms with Gasteiger partial charge < -0.3 is 20.5 Å². The average Bonchev–Trinajstić information content (AvgIpc) is 2.92. The summed E-state index contributed by atoms with van der Waals surface area (Å²) >= 11 is 0. The van der Waals surface area contributed by atoms with Gasteiger partial charge in [-0.15, -0.1) is 0 Å². The second-order valence-corrected chi connectivity index (χ2v) is 6.56. The lowest BCUT2D eigenvalue weighted by molar-refractivity contribution is -0.135. The zero-order valence-electron chi connectivity index (χ0n) is 13.9. The highest BCUT2D eigenvalue weighted by Crippen LogP contribution is 2.38. The zero-order chi connectivity index (χ0) is 16.9. The Bertz CT molecular complexity index is 549. The van der Waals surface area contributed by atoms with Crippen molar-refractivity contribution in [1.82, 2.24) is 10.1 Å². The molecule has 128 valence electrons. The second kappa shape index (κ2) is 7.59. The fraction of sp³-hybridized carbons (Fsp3) is 0.688. The molecule has 0 radical (unpaired) electrons. The van der Waals surface area contributed by atoms with E-state index in [-0.39, 0.29) is 23.8 Å². The molecule has 1 aliphatic rings. The van der Waals surface area contributed by atoms with Gasteiger partial charge >= 0.3 is 0 Å². The van der Waals surface area contributed by atoms with Crippen LogP contribution in [0.3, 0.4) is 0 Å². The number of nitrogens with two attached hydrogens (primary N) is 1. The monoisotopic (exact) mass is 322 g/mol. The van der Waals surface area contributed by atoms with E-state index in [0.717, 1.165) is 25.7 Å². The molecule has 7 heteroatoms. The molecular weight excluding hydrogens is 296 g/mol. The van der Waals surface area contributed by atoms with E-state index in [4.69, 9.17) is 10.3 Å². The number of likely N-dealkylation sites (N-methyl/N-ethyl adjacent to an activating group) is 1.